The van der Waals surface area contributed by atoms with Crippen LogP contribution in [0.15, 0.2) is 18.9 Å². The van der Waals surface area contributed by atoms with Crippen molar-refractivity contribution in [1.29, 1.82) is 0 Å². The Labute approximate surface area is 66.8 Å². The van der Waals surface area contributed by atoms with Crippen molar-refractivity contribution >= 4 is 12.3 Å². The molecule has 2 heteroatoms. The Morgan fingerprint density at radius 1 is 1.64 bits per heavy atom. The fraction of sp³-hybridized carbons (Fsp3) is 0.222. The second kappa shape index (κ2) is 3.19. The van der Waals surface area contributed by atoms with Gasteiger partial charge in [0.2, 0.25) is 0 Å². The fourth-order valence-electron chi connectivity index (χ4n) is 0.972. The summed E-state index contributed by atoms with van der Waals surface area (Å²) in [6, 6.07) is 0. The number of nitrogens with zero attached hydrogens (tertiary/aromatic N) is 2. The molecule has 0 amide bonds. The molecule has 0 fully saturated rings. The highest BCUT2D eigenvalue weighted by Gasteiger charge is 1.98. The van der Waals surface area contributed by atoms with Crippen LogP contribution in [-0.4, -0.2) is 9.78 Å². The molecule has 0 atom stereocenters. The molecule has 0 N–H and O–H groups in total. The average molecular weight is 148 g/mol. The van der Waals surface area contributed by atoms with Crippen molar-refractivity contribution in [1.82, 2.24) is 9.78 Å². The molecule has 11 heavy (non-hydrogen) atoms. The van der Waals surface area contributed by atoms with Gasteiger partial charge in [-0.15, -0.1) is 0 Å². The SMILES string of the molecule is C=Cc1c(C)cnn1/C=C\C. The van der Waals surface area contributed by atoms with Gasteiger partial charge in [0.25, 0.3) is 0 Å². The number of aryl methyl sites for hydroxylation is 1. The van der Waals surface area contributed by atoms with Crippen LogP contribution in [0, 0.1) is 6.92 Å². The summed E-state index contributed by atoms with van der Waals surface area (Å²) in [5.74, 6) is 0. The smallest absolute Gasteiger partial charge is 0.0684 e. The monoisotopic (exact) mass is 148 g/mol. The second-order valence-corrected chi connectivity index (χ2v) is 2.34. The largest absolute Gasteiger partial charge is 0.241 e. The van der Waals surface area contributed by atoms with E-state index in [2.05, 4.69) is 11.7 Å². The Morgan fingerprint density at radius 3 is 2.91 bits per heavy atom. The molecule has 0 aliphatic rings. The van der Waals surface area contributed by atoms with Gasteiger partial charge < -0.3 is 0 Å². The number of hydrogen-bond donors (Lipinski definition) is 0. The normalized spacial score (nSPS) is 10.7. The second-order valence-electron chi connectivity index (χ2n) is 2.34. The molecule has 1 aromatic heterocycles. The lowest BCUT2D eigenvalue weighted by Gasteiger charge is -1.95. The molecular weight excluding hydrogens is 136 g/mol. The van der Waals surface area contributed by atoms with Crippen LogP contribution in [0.3, 0.4) is 0 Å². The summed E-state index contributed by atoms with van der Waals surface area (Å²) in [4.78, 5) is 0. The van der Waals surface area contributed by atoms with Crippen LogP contribution >= 0.6 is 0 Å². The van der Waals surface area contributed by atoms with Crippen LogP contribution < -0.4 is 0 Å². The molecule has 0 saturated heterocycles. The molecule has 1 aromatic rings. The van der Waals surface area contributed by atoms with Gasteiger partial charge in [-0.25, -0.2) is 4.68 Å². The summed E-state index contributed by atoms with van der Waals surface area (Å²) in [5, 5.41) is 4.13. The van der Waals surface area contributed by atoms with Crippen molar-refractivity contribution in [3.63, 3.8) is 0 Å². The third-order valence-corrected chi connectivity index (χ3v) is 1.51. The maximum atomic E-state index is 4.13. The van der Waals surface area contributed by atoms with Gasteiger partial charge in [0.05, 0.1) is 11.9 Å². The Morgan fingerprint density at radius 2 is 2.36 bits per heavy atom. The molecule has 1 heterocycles. The number of hydrogen-bond acceptors (Lipinski definition) is 1. The summed E-state index contributed by atoms with van der Waals surface area (Å²) in [7, 11) is 0. The first kappa shape index (κ1) is 7.79. The molecule has 58 valence electrons. The molecule has 2 nitrogen and oxygen atoms in total. The Balaban J connectivity index is 3.15. The lowest BCUT2D eigenvalue weighted by molar-refractivity contribution is 0.923. The van der Waals surface area contributed by atoms with E-state index in [0.717, 1.165) is 11.3 Å². The quantitative estimate of drug-likeness (QED) is 0.629. The minimum Gasteiger partial charge on any atom is -0.241 e. The summed E-state index contributed by atoms with van der Waals surface area (Å²) in [5.41, 5.74) is 2.21. The zero-order valence-corrected chi connectivity index (χ0v) is 6.91. The molecule has 0 aromatic carbocycles. The van der Waals surface area contributed by atoms with Gasteiger partial charge in [-0.2, -0.15) is 5.10 Å². The number of allylic oxidation sites excluding steroid dienone is 1. The highest BCUT2D eigenvalue weighted by Crippen LogP contribution is 2.08. The van der Waals surface area contributed by atoms with Gasteiger partial charge in [-0.1, -0.05) is 12.7 Å². The van der Waals surface area contributed by atoms with Gasteiger partial charge in [0, 0.05) is 6.20 Å². The third kappa shape index (κ3) is 1.40. The van der Waals surface area contributed by atoms with Crippen molar-refractivity contribution in [3.05, 3.63) is 30.1 Å². The highest BCUT2D eigenvalue weighted by atomic mass is 15.3. The van der Waals surface area contributed by atoms with Crippen LogP contribution in [0.25, 0.3) is 12.3 Å². The molecule has 0 bridgehead atoms. The van der Waals surface area contributed by atoms with Crippen LogP contribution in [0.1, 0.15) is 18.2 Å². The van der Waals surface area contributed by atoms with Gasteiger partial charge in [-0.05, 0) is 25.5 Å². The van der Waals surface area contributed by atoms with E-state index < -0.39 is 0 Å². The van der Waals surface area contributed by atoms with Gasteiger partial charge in [0.15, 0.2) is 0 Å². The van der Waals surface area contributed by atoms with Gasteiger partial charge >= 0.3 is 0 Å². The zero-order chi connectivity index (χ0) is 8.27. The summed E-state index contributed by atoms with van der Waals surface area (Å²) < 4.78 is 1.81. The predicted octanol–water partition coefficient (Wildman–Crippen LogP) is 2.33. The Hall–Kier alpha value is -1.31. The fourth-order valence-corrected chi connectivity index (χ4v) is 0.972. The van der Waals surface area contributed by atoms with E-state index in [4.69, 9.17) is 0 Å². The molecule has 0 aliphatic heterocycles. The van der Waals surface area contributed by atoms with E-state index in [-0.39, 0.29) is 0 Å². The highest BCUT2D eigenvalue weighted by molar-refractivity contribution is 5.49. The van der Waals surface area contributed by atoms with Crippen molar-refractivity contribution in [2.24, 2.45) is 0 Å². The van der Waals surface area contributed by atoms with E-state index in [1.54, 1.807) is 0 Å². The van der Waals surface area contributed by atoms with E-state index in [1.165, 1.54) is 0 Å². The minimum atomic E-state index is 1.06. The topological polar surface area (TPSA) is 17.8 Å². The third-order valence-electron chi connectivity index (χ3n) is 1.51. The summed E-state index contributed by atoms with van der Waals surface area (Å²) >= 11 is 0. The molecule has 1 rings (SSSR count). The molecule has 0 unspecified atom stereocenters. The zero-order valence-electron chi connectivity index (χ0n) is 6.91. The van der Waals surface area contributed by atoms with Gasteiger partial charge in [0.1, 0.15) is 0 Å². The first-order valence-corrected chi connectivity index (χ1v) is 3.59. The maximum absolute atomic E-state index is 4.13. The lowest BCUT2D eigenvalue weighted by atomic mass is 10.3. The number of aromatic nitrogens is 2. The predicted molar refractivity (Wildman–Crippen MR) is 48.1 cm³/mol. The minimum absolute atomic E-state index is 1.06. The molecule has 0 radical (unpaired) electrons. The summed E-state index contributed by atoms with van der Waals surface area (Å²) in [6.07, 6.45) is 7.49. The van der Waals surface area contributed by atoms with E-state index >= 15 is 0 Å². The van der Waals surface area contributed by atoms with Crippen LogP contribution in [0.2, 0.25) is 0 Å². The number of rotatable bonds is 2. The van der Waals surface area contributed by atoms with Crippen molar-refractivity contribution in [2.75, 3.05) is 0 Å². The van der Waals surface area contributed by atoms with E-state index in [9.17, 15) is 0 Å². The lowest BCUT2D eigenvalue weighted by Crippen LogP contribution is -1.90. The molecule has 0 aliphatic carbocycles. The van der Waals surface area contributed by atoms with Gasteiger partial charge in [-0.3, -0.25) is 0 Å². The Bertz CT molecular complexity index is 282. The van der Waals surface area contributed by atoms with Crippen molar-refractivity contribution in [2.45, 2.75) is 13.8 Å². The van der Waals surface area contributed by atoms with E-state index in [0.29, 0.717) is 0 Å². The molecular formula is C9H12N2. The average Bonchev–Trinajstić information content (AvgIpc) is 2.33. The van der Waals surface area contributed by atoms with Crippen molar-refractivity contribution in [3.8, 4) is 0 Å². The Kier molecular flexibility index (Phi) is 2.26. The maximum Gasteiger partial charge on any atom is 0.0684 e. The van der Waals surface area contributed by atoms with E-state index in [1.807, 2.05) is 43.1 Å². The van der Waals surface area contributed by atoms with Crippen LogP contribution in [0.4, 0.5) is 0 Å². The standard InChI is InChI=1S/C9H12N2/c1-4-6-11-9(5-2)8(3)7-10-11/h4-7H,2H2,1,3H3/b6-4-. The van der Waals surface area contributed by atoms with Crippen LogP contribution in [0.5, 0.6) is 0 Å². The first-order chi connectivity index (χ1) is 5.29. The summed E-state index contributed by atoms with van der Waals surface area (Å²) in [6.45, 7) is 7.69. The molecule has 0 saturated carbocycles. The van der Waals surface area contributed by atoms with Crippen molar-refractivity contribution < 1.29 is 0 Å². The first-order valence-electron chi connectivity index (χ1n) is 3.59. The van der Waals surface area contributed by atoms with Crippen LogP contribution in [-0.2, 0) is 0 Å². The molecule has 0 spiro atoms.